The number of methoxy groups -OCH3 is 1. The van der Waals surface area contributed by atoms with E-state index in [1.807, 2.05) is 19.1 Å². The molecule has 104 valence electrons. The van der Waals surface area contributed by atoms with Crippen LogP contribution >= 0.6 is 0 Å². The molecule has 0 fully saturated rings. The van der Waals surface area contributed by atoms with Gasteiger partial charge in [-0.1, -0.05) is 11.2 Å². The van der Waals surface area contributed by atoms with Gasteiger partial charge in [-0.25, -0.2) is 0 Å². The molecular formula is C13H14N4O3. The number of benzene rings is 1. The summed E-state index contributed by atoms with van der Waals surface area (Å²) >= 11 is 0. The summed E-state index contributed by atoms with van der Waals surface area (Å²) in [6.07, 6.45) is 1.42. The van der Waals surface area contributed by atoms with Crippen molar-refractivity contribution in [2.24, 2.45) is 10.9 Å². The Morgan fingerprint density at radius 2 is 2.10 bits per heavy atom. The minimum atomic E-state index is -0.110. The quantitative estimate of drug-likeness (QED) is 0.380. The van der Waals surface area contributed by atoms with Gasteiger partial charge in [-0.2, -0.15) is 5.10 Å². The normalized spacial score (nSPS) is 11.2. The first kappa shape index (κ1) is 13.6. The molecule has 7 heteroatoms. The molecule has 0 aliphatic carbocycles. The van der Waals surface area contributed by atoms with Gasteiger partial charge in [0, 0.05) is 0 Å². The summed E-state index contributed by atoms with van der Waals surface area (Å²) in [5.41, 5.74) is 6.93. The van der Waals surface area contributed by atoms with Gasteiger partial charge in [-0.15, -0.1) is 5.10 Å². The molecule has 1 aromatic heterocycles. The van der Waals surface area contributed by atoms with Gasteiger partial charge in [0.25, 0.3) is 0 Å². The third-order valence-corrected chi connectivity index (χ3v) is 2.60. The van der Waals surface area contributed by atoms with Gasteiger partial charge in [-0.3, -0.25) is 0 Å². The molecule has 1 aromatic carbocycles. The molecule has 0 radical (unpaired) electrons. The number of nitrogens with zero attached hydrogens (tertiary/aromatic N) is 3. The van der Waals surface area contributed by atoms with Crippen LogP contribution in [0.3, 0.4) is 0 Å². The summed E-state index contributed by atoms with van der Waals surface area (Å²) in [5, 5.41) is 19.2. The van der Waals surface area contributed by atoms with Crippen molar-refractivity contribution in [3.05, 3.63) is 41.6 Å². The maximum Gasteiger partial charge on any atom is 0.250 e. The minimum absolute atomic E-state index is 0.110. The van der Waals surface area contributed by atoms with Crippen LogP contribution in [0.1, 0.15) is 11.1 Å². The molecule has 0 bridgehead atoms. The second kappa shape index (κ2) is 5.87. The molecule has 3 N–H and O–H groups in total. The van der Waals surface area contributed by atoms with Crippen molar-refractivity contribution >= 4 is 5.84 Å². The Hall–Kier alpha value is -2.83. The molecule has 2 aromatic rings. The Morgan fingerprint density at radius 3 is 2.80 bits per heavy atom. The third-order valence-electron chi connectivity index (χ3n) is 2.60. The van der Waals surface area contributed by atoms with Crippen molar-refractivity contribution in [1.29, 1.82) is 0 Å². The van der Waals surface area contributed by atoms with Crippen molar-refractivity contribution in [3.8, 4) is 17.4 Å². The lowest BCUT2D eigenvalue weighted by Gasteiger charge is -2.11. The van der Waals surface area contributed by atoms with Crippen LogP contribution in [0.2, 0.25) is 0 Å². The van der Waals surface area contributed by atoms with Crippen LogP contribution in [-0.4, -0.2) is 28.4 Å². The number of hydrogen-bond acceptors (Lipinski definition) is 6. The summed E-state index contributed by atoms with van der Waals surface area (Å²) in [4.78, 5) is 0. The van der Waals surface area contributed by atoms with E-state index in [-0.39, 0.29) is 11.7 Å². The summed E-state index contributed by atoms with van der Waals surface area (Å²) in [6.45, 7) is 1.94. The fourth-order valence-electron chi connectivity index (χ4n) is 1.61. The maximum atomic E-state index is 8.75. The summed E-state index contributed by atoms with van der Waals surface area (Å²) in [7, 11) is 1.54. The smallest absolute Gasteiger partial charge is 0.250 e. The number of amidine groups is 1. The summed E-state index contributed by atoms with van der Waals surface area (Å²) in [6, 6.07) is 6.99. The van der Waals surface area contributed by atoms with Crippen LogP contribution in [0, 0.1) is 6.92 Å². The Balaban J connectivity index is 2.40. The Morgan fingerprint density at radius 1 is 1.30 bits per heavy atom. The second-order valence-corrected chi connectivity index (χ2v) is 3.99. The van der Waals surface area contributed by atoms with Crippen molar-refractivity contribution in [2.45, 2.75) is 6.92 Å². The van der Waals surface area contributed by atoms with Crippen LogP contribution in [0.4, 0.5) is 0 Å². The molecule has 2 rings (SSSR count). The molecular weight excluding hydrogens is 260 g/mol. The zero-order valence-corrected chi connectivity index (χ0v) is 11.1. The van der Waals surface area contributed by atoms with Gasteiger partial charge in [0.05, 0.1) is 18.9 Å². The van der Waals surface area contributed by atoms with Gasteiger partial charge in [0.2, 0.25) is 5.88 Å². The van der Waals surface area contributed by atoms with Crippen LogP contribution in [0.15, 0.2) is 35.6 Å². The lowest BCUT2D eigenvalue weighted by molar-refractivity contribution is 0.318. The minimum Gasteiger partial charge on any atom is -0.493 e. The number of nitrogens with two attached hydrogens (primary N) is 1. The van der Waals surface area contributed by atoms with E-state index in [1.54, 1.807) is 13.2 Å². The van der Waals surface area contributed by atoms with E-state index in [4.69, 9.17) is 20.4 Å². The molecule has 0 amide bonds. The van der Waals surface area contributed by atoms with Gasteiger partial charge in [0.1, 0.15) is 0 Å². The van der Waals surface area contributed by atoms with Crippen molar-refractivity contribution in [3.63, 3.8) is 0 Å². The summed E-state index contributed by atoms with van der Waals surface area (Å²) < 4.78 is 10.9. The maximum absolute atomic E-state index is 8.75. The molecule has 0 aliphatic heterocycles. The van der Waals surface area contributed by atoms with Crippen LogP contribution in [0.5, 0.6) is 17.4 Å². The standard InChI is InChI=1S/C13H14N4O3/c1-8-3-4-10(11(7-8)19-2)20-13-9(12(14)17-18)5-6-15-16-13/h3-7,18H,1-2H3,(H2,14,17). The highest BCUT2D eigenvalue weighted by Gasteiger charge is 2.13. The van der Waals surface area contributed by atoms with E-state index in [9.17, 15) is 0 Å². The largest absolute Gasteiger partial charge is 0.493 e. The average Bonchev–Trinajstić information content (AvgIpc) is 2.48. The Labute approximate surface area is 115 Å². The van der Waals surface area contributed by atoms with E-state index >= 15 is 0 Å². The van der Waals surface area contributed by atoms with E-state index in [0.717, 1.165) is 5.56 Å². The highest BCUT2D eigenvalue weighted by atomic mass is 16.5. The van der Waals surface area contributed by atoms with E-state index in [1.165, 1.54) is 12.3 Å². The van der Waals surface area contributed by atoms with Crippen LogP contribution in [0.25, 0.3) is 0 Å². The predicted octanol–water partition coefficient (Wildman–Crippen LogP) is 1.68. The lowest BCUT2D eigenvalue weighted by Crippen LogP contribution is -2.15. The lowest BCUT2D eigenvalue weighted by atomic mass is 10.2. The molecule has 0 aliphatic rings. The van der Waals surface area contributed by atoms with Crippen molar-refractivity contribution < 1.29 is 14.7 Å². The van der Waals surface area contributed by atoms with Gasteiger partial charge in [-0.05, 0) is 30.7 Å². The highest BCUT2D eigenvalue weighted by molar-refractivity contribution is 5.98. The average molecular weight is 274 g/mol. The Bertz CT molecular complexity index is 643. The van der Waals surface area contributed by atoms with Gasteiger partial charge in [0.15, 0.2) is 17.3 Å². The van der Waals surface area contributed by atoms with Gasteiger partial charge < -0.3 is 20.4 Å². The zero-order valence-electron chi connectivity index (χ0n) is 11.1. The SMILES string of the molecule is COc1cc(C)ccc1Oc1nnccc1/C(N)=N/O. The monoisotopic (exact) mass is 274 g/mol. The van der Waals surface area contributed by atoms with E-state index in [2.05, 4.69) is 15.4 Å². The number of aromatic nitrogens is 2. The van der Waals surface area contributed by atoms with Gasteiger partial charge >= 0.3 is 0 Å². The number of ether oxygens (including phenoxy) is 2. The van der Waals surface area contributed by atoms with Crippen molar-refractivity contribution in [2.75, 3.05) is 7.11 Å². The molecule has 0 spiro atoms. The number of rotatable bonds is 4. The predicted molar refractivity (Wildman–Crippen MR) is 72.3 cm³/mol. The molecule has 0 unspecified atom stereocenters. The van der Waals surface area contributed by atoms with Crippen molar-refractivity contribution in [1.82, 2.24) is 10.2 Å². The summed E-state index contributed by atoms with van der Waals surface area (Å²) in [5.74, 6) is 1.04. The first-order chi connectivity index (χ1) is 9.65. The molecule has 20 heavy (non-hydrogen) atoms. The van der Waals surface area contributed by atoms with E-state index in [0.29, 0.717) is 17.1 Å². The first-order valence-electron chi connectivity index (χ1n) is 5.77. The molecule has 1 heterocycles. The number of oxime groups is 1. The molecule has 0 saturated heterocycles. The highest BCUT2D eigenvalue weighted by Crippen LogP contribution is 2.32. The third kappa shape index (κ3) is 2.77. The molecule has 0 atom stereocenters. The topological polar surface area (TPSA) is 103 Å². The zero-order chi connectivity index (χ0) is 14.5. The Kier molecular flexibility index (Phi) is 3.99. The molecule has 0 saturated carbocycles. The fourth-order valence-corrected chi connectivity index (χ4v) is 1.61. The number of aryl methyl sites for hydroxylation is 1. The number of hydrogen-bond donors (Lipinski definition) is 2. The van der Waals surface area contributed by atoms with Crippen LogP contribution < -0.4 is 15.2 Å². The molecule has 7 nitrogen and oxygen atoms in total. The van der Waals surface area contributed by atoms with E-state index < -0.39 is 0 Å². The van der Waals surface area contributed by atoms with Crippen LogP contribution in [-0.2, 0) is 0 Å². The first-order valence-corrected chi connectivity index (χ1v) is 5.77. The fraction of sp³-hybridized carbons (Fsp3) is 0.154. The second-order valence-electron chi connectivity index (χ2n) is 3.99.